The SMILES string of the molecule is Cc1ccc(NC(=O)C2(c3ccccc3C(C)C)CN(CC3(C(=O)O)COC3)C2)c(OC(F)F)n1. The minimum absolute atomic E-state index is 0.0511. The van der Waals surface area contributed by atoms with Crippen LogP contribution in [0.25, 0.3) is 0 Å². The number of carboxylic acids is 1. The van der Waals surface area contributed by atoms with Gasteiger partial charge < -0.3 is 19.9 Å². The summed E-state index contributed by atoms with van der Waals surface area (Å²) in [5.41, 5.74) is 0.352. The second-order valence-corrected chi connectivity index (χ2v) is 9.69. The molecule has 0 aliphatic carbocycles. The van der Waals surface area contributed by atoms with Crippen molar-refractivity contribution < 1.29 is 33.0 Å². The highest BCUT2D eigenvalue weighted by atomic mass is 19.3. The first-order valence-corrected chi connectivity index (χ1v) is 11.4. The quantitative estimate of drug-likeness (QED) is 0.557. The number of aliphatic carboxylic acids is 1. The molecule has 8 nitrogen and oxygen atoms in total. The van der Waals surface area contributed by atoms with Gasteiger partial charge >= 0.3 is 12.6 Å². The molecule has 2 aliphatic rings. The maximum Gasteiger partial charge on any atom is 0.388 e. The van der Waals surface area contributed by atoms with Gasteiger partial charge in [-0.25, -0.2) is 4.98 Å². The topological polar surface area (TPSA) is 101 Å². The van der Waals surface area contributed by atoms with E-state index in [1.807, 2.05) is 43.0 Å². The molecule has 2 aromatic rings. The van der Waals surface area contributed by atoms with Gasteiger partial charge in [-0.15, -0.1) is 0 Å². The Morgan fingerprint density at radius 2 is 1.89 bits per heavy atom. The average Bonchev–Trinajstić information content (AvgIpc) is 2.73. The van der Waals surface area contributed by atoms with Crippen LogP contribution in [0.1, 0.15) is 36.6 Å². The van der Waals surface area contributed by atoms with E-state index >= 15 is 0 Å². The van der Waals surface area contributed by atoms with E-state index in [9.17, 15) is 23.5 Å². The molecule has 0 unspecified atom stereocenters. The van der Waals surface area contributed by atoms with Crippen molar-refractivity contribution in [2.45, 2.75) is 38.7 Å². The van der Waals surface area contributed by atoms with Crippen molar-refractivity contribution in [3.8, 4) is 5.88 Å². The van der Waals surface area contributed by atoms with E-state index in [1.165, 1.54) is 6.07 Å². The number of carboxylic acid groups (broad SMARTS) is 1. The van der Waals surface area contributed by atoms with E-state index in [0.29, 0.717) is 5.69 Å². The highest BCUT2D eigenvalue weighted by Gasteiger charge is 2.56. The van der Waals surface area contributed by atoms with Crippen LogP contribution in [-0.4, -0.2) is 66.3 Å². The molecule has 0 bridgehead atoms. The van der Waals surface area contributed by atoms with Gasteiger partial charge in [0.25, 0.3) is 0 Å². The molecule has 4 rings (SSSR count). The molecule has 2 fully saturated rings. The first-order valence-electron chi connectivity index (χ1n) is 11.4. The summed E-state index contributed by atoms with van der Waals surface area (Å²) in [4.78, 5) is 31.5. The van der Waals surface area contributed by atoms with Crippen LogP contribution in [0.5, 0.6) is 5.88 Å². The third-order valence-electron chi connectivity index (χ3n) is 6.71. The number of anilines is 1. The maximum absolute atomic E-state index is 13.8. The standard InChI is InChI=1S/C25H29F2N3O5/c1-15(2)17-6-4-5-7-18(17)25(11-30(12-25)10-24(22(32)33)13-34-14-24)21(31)29-19-9-8-16(3)28-20(19)35-23(26)27/h4-9,15,23H,10-14H2,1-3H3,(H,29,31)(H,32,33). The minimum Gasteiger partial charge on any atom is -0.481 e. The summed E-state index contributed by atoms with van der Waals surface area (Å²) in [6.45, 7) is 3.68. The maximum atomic E-state index is 13.8. The molecule has 188 valence electrons. The average molecular weight is 490 g/mol. The van der Waals surface area contributed by atoms with Crippen molar-refractivity contribution in [1.82, 2.24) is 9.88 Å². The molecule has 1 aromatic heterocycles. The highest BCUT2D eigenvalue weighted by Crippen LogP contribution is 2.42. The number of amides is 1. The number of pyridine rings is 1. The highest BCUT2D eigenvalue weighted by molar-refractivity contribution is 6.01. The van der Waals surface area contributed by atoms with Gasteiger partial charge in [0.2, 0.25) is 11.8 Å². The lowest BCUT2D eigenvalue weighted by Gasteiger charge is -2.53. The van der Waals surface area contributed by atoms with Gasteiger partial charge in [-0.1, -0.05) is 38.1 Å². The number of benzene rings is 1. The lowest BCUT2D eigenvalue weighted by molar-refractivity contribution is -0.187. The summed E-state index contributed by atoms with van der Waals surface area (Å²) in [5, 5.41) is 12.4. The Morgan fingerprint density at radius 1 is 1.20 bits per heavy atom. The van der Waals surface area contributed by atoms with Gasteiger partial charge in [0.1, 0.15) is 11.1 Å². The predicted octanol–water partition coefficient (Wildman–Crippen LogP) is 3.41. The number of carbonyl (C=O) groups excluding carboxylic acids is 1. The van der Waals surface area contributed by atoms with Gasteiger partial charge in [-0.2, -0.15) is 8.78 Å². The first-order chi connectivity index (χ1) is 16.6. The third-order valence-corrected chi connectivity index (χ3v) is 6.71. The van der Waals surface area contributed by atoms with Crippen molar-refractivity contribution in [1.29, 1.82) is 0 Å². The van der Waals surface area contributed by atoms with E-state index in [1.54, 1.807) is 13.0 Å². The lowest BCUT2D eigenvalue weighted by Crippen LogP contribution is -2.69. The number of likely N-dealkylation sites (tertiary alicyclic amines) is 1. The zero-order valence-corrected chi connectivity index (χ0v) is 19.9. The molecule has 2 N–H and O–H groups in total. The molecule has 3 heterocycles. The van der Waals surface area contributed by atoms with E-state index in [0.717, 1.165) is 11.1 Å². The molecule has 1 aromatic carbocycles. The van der Waals surface area contributed by atoms with E-state index in [2.05, 4.69) is 15.0 Å². The van der Waals surface area contributed by atoms with E-state index in [-0.39, 0.29) is 56.2 Å². The molecule has 1 amide bonds. The Hall–Kier alpha value is -3.11. The third kappa shape index (κ3) is 4.72. The monoisotopic (exact) mass is 489 g/mol. The van der Waals surface area contributed by atoms with Gasteiger partial charge in [-0.3, -0.25) is 14.5 Å². The summed E-state index contributed by atoms with van der Waals surface area (Å²) in [6, 6.07) is 10.7. The lowest BCUT2D eigenvalue weighted by atomic mass is 9.68. The summed E-state index contributed by atoms with van der Waals surface area (Å²) in [5.74, 6) is -1.53. The van der Waals surface area contributed by atoms with Crippen molar-refractivity contribution in [2.24, 2.45) is 5.41 Å². The summed E-state index contributed by atoms with van der Waals surface area (Å²) in [7, 11) is 0. The zero-order chi connectivity index (χ0) is 25.4. The summed E-state index contributed by atoms with van der Waals surface area (Å²) >= 11 is 0. The molecule has 10 heteroatoms. The smallest absolute Gasteiger partial charge is 0.388 e. The Bertz CT molecular complexity index is 1110. The van der Waals surface area contributed by atoms with Crippen LogP contribution in [0.3, 0.4) is 0 Å². The second-order valence-electron chi connectivity index (χ2n) is 9.69. The molecule has 0 spiro atoms. The van der Waals surface area contributed by atoms with Gasteiger partial charge in [-0.05, 0) is 36.1 Å². The Kier molecular flexibility index (Phi) is 6.79. The van der Waals surface area contributed by atoms with Crippen LogP contribution < -0.4 is 10.1 Å². The number of aromatic nitrogens is 1. The minimum atomic E-state index is -3.09. The van der Waals surface area contributed by atoms with Crippen LogP contribution in [0, 0.1) is 12.3 Å². The number of carbonyl (C=O) groups is 2. The number of aryl methyl sites for hydroxylation is 1. The van der Waals surface area contributed by atoms with Gasteiger partial charge in [0, 0.05) is 25.3 Å². The normalized spacial score (nSPS) is 18.6. The second kappa shape index (κ2) is 9.50. The van der Waals surface area contributed by atoms with Crippen LogP contribution in [0.4, 0.5) is 14.5 Å². The fourth-order valence-electron chi connectivity index (χ4n) is 4.80. The fraction of sp³-hybridized carbons (Fsp3) is 0.480. The molecule has 0 radical (unpaired) electrons. The zero-order valence-electron chi connectivity index (χ0n) is 19.9. The number of hydrogen-bond donors (Lipinski definition) is 2. The predicted molar refractivity (Wildman–Crippen MR) is 124 cm³/mol. The number of nitrogens with one attached hydrogen (secondary N) is 1. The fourth-order valence-corrected chi connectivity index (χ4v) is 4.80. The Balaban J connectivity index is 1.65. The van der Waals surface area contributed by atoms with Gasteiger partial charge in [0.05, 0.1) is 18.6 Å². The first kappa shape index (κ1) is 25.0. The molecule has 0 atom stereocenters. The molecule has 2 aliphatic heterocycles. The number of hydrogen-bond acceptors (Lipinski definition) is 6. The van der Waals surface area contributed by atoms with E-state index < -0.39 is 23.4 Å². The van der Waals surface area contributed by atoms with Crippen molar-refractivity contribution in [2.75, 3.05) is 38.2 Å². The summed E-state index contributed by atoms with van der Waals surface area (Å²) < 4.78 is 35.6. The number of alkyl halides is 2. The van der Waals surface area contributed by atoms with Gasteiger partial charge in [0.15, 0.2) is 0 Å². The van der Waals surface area contributed by atoms with Crippen LogP contribution in [0.2, 0.25) is 0 Å². The molecule has 0 saturated carbocycles. The van der Waals surface area contributed by atoms with Crippen LogP contribution >= 0.6 is 0 Å². The Morgan fingerprint density at radius 3 is 2.46 bits per heavy atom. The molecular formula is C25H29F2N3O5. The molecule has 2 saturated heterocycles. The number of nitrogens with zero attached hydrogens (tertiary/aromatic N) is 2. The van der Waals surface area contributed by atoms with Crippen molar-refractivity contribution in [3.05, 3.63) is 53.2 Å². The van der Waals surface area contributed by atoms with E-state index in [4.69, 9.17) is 4.74 Å². The van der Waals surface area contributed by atoms with Crippen LogP contribution in [0.15, 0.2) is 36.4 Å². The Labute approximate surface area is 202 Å². The molecule has 35 heavy (non-hydrogen) atoms. The number of rotatable bonds is 9. The van der Waals surface area contributed by atoms with Crippen molar-refractivity contribution >= 4 is 17.6 Å². The van der Waals surface area contributed by atoms with Crippen molar-refractivity contribution in [3.63, 3.8) is 0 Å². The van der Waals surface area contributed by atoms with Crippen LogP contribution in [-0.2, 0) is 19.7 Å². The summed E-state index contributed by atoms with van der Waals surface area (Å²) in [6.07, 6.45) is 0. The number of halogens is 2. The number of ether oxygens (including phenoxy) is 2. The largest absolute Gasteiger partial charge is 0.481 e. The molecular weight excluding hydrogens is 460 g/mol.